The van der Waals surface area contributed by atoms with Crippen LogP contribution in [0.25, 0.3) is 0 Å². The molecule has 0 spiro atoms. The highest BCUT2D eigenvalue weighted by molar-refractivity contribution is 6.37. The molecule has 0 aliphatic carbocycles. The first-order chi connectivity index (χ1) is 10.0. The second-order valence-corrected chi connectivity index (χ2v) is 4.53. The van der Waals surface area contributed by atoms with Gasteiger partial charge in [0.05, 0.1) is 30.3 Å². The maximum atomic E-state index is 12.1. The van der Waals surface area contributed by atoms with Crippen LogP contribution in [0.2, 0.25) is 10.0 Å². The zero-order valence-electron chi connectivity index (χ0n) is 11.1. The molecule has 1 heterocycles. The van der Waals surface area contributed by atoms with Crippen LogP contribution in [0.5, 0.6) is 17.5 Å². The lowest BCUT2D eigenvalue weighted by Gasteiger charge is -2.08. The van der Waals surface area contributed by atoms with E-state index < -0.39 is 5.97 Å². The second-order valence-electron chi connectivity index (χ2n) is 3.72. The van der Waals surface area contributed by atoms with E-state index in [-0.39, 0.29) is 33.4 Å². The van der Waals surface area contributed by atoms with Gasteiger partial charge in [-0.15, -0.1) is 0 Å². The number of esters is 1. The lowest BCUT2D eigenvalue weighted by atomic mass is 10.3. The minimum atomic E-state index is -0.831. The number of halogens is 2. The molecule has 0 N–H and O–H groups in total. The Bertz CT molecular complexity index is 637. The average Bonchev–Trinajstić information content (AvgIpc) is 2.50. The Labute approximate surface area is 130 Å². The van der Waals surface area contributed by atoms with Crippen molar-refractivity contribution in [2.45, 2.75) is 0 Å². The van der Waals surface area contributed by atoms with Crippen LogP contribution in [-0.4, -0.2) is 30.2 Å². The van der Waals surface area contributed by atoms with Crippen molar-refractivity contribution < 1.29 is 19.0 Å². The Morgan fingerprint density at radius 2 is 1.57 bits per heavy atom. The van der Waals surface area contributed by atoms with Crippen molar-refractivity contribution in [1.82, 2.24) is 9.97 Å². The molecule has 0 radical (unpaired) electrons. The highest BCUT2D eigenvalue weighted by atomic mass is 35.5. The fraction of sp³-hybridized carbons (Fsp3) is 0.154. The highest BCUT2D eigenvalue weighted by Gasteiger charge is 2.19. The highest BCUT2D eigenvalue weighted by Crippen LogP contribution is 2.32. The largest absolute Gasteiger partial charge is 0.481 e. The van der Waals surface area contributed by atoms with Crippen molar-refractivity contribution in [3.63, 3.8) is 0 Å². The van der Waals surface area contributed by atoms with E-state index in [0.717, 1.165) is 0 Å². The lowest BCUT2D eigenvalue weighted by molar-refractivity contribution is 0.0719. The molecule has 0 bridgehead atoms. The van der Waals surface area contributed by atoms with Crippen LogP contribution in [0, 0.1) is 0 Å². The van der Waals surface area contributed by atoms with Crippen molar-refractivity contribution in [3.8, 4) is 17.5 Å². The van der Waals surface area contributed by atoms with Gasteiger partial charge in [0.15, 0.2) is 5.75 Å². The fourth-order valence-corrected chi connectivity index (χ4v) is 1.90. The fourth-order valence-electron chi connectivity index (χ4n) is 1.42. The molecule has 2 rings (SSSR count). The molecule has 0 aliphatic rings. The third kappa shape index (κ3) is 3.53. The summed E-state index contributed by atoms with van der Waals surface area (Å²) in [7, 11) is 2.81. The van der Waals surface area contributed by atoms with Crippen LogP contribution in [-0.2, 0) is 0 Å². The number of benzene rings is 1. The zero-order chi connectivity index (χ0) is 15.4. The van der Waals surface area contributed by atoms with Gasteiger partial charge >= 0.3 is 5.97 Å². The number of hydrogen-bond acceptors (Lipinski definition) is 6. The summed E-state index contributed by atoms with van der Waals surface area (Å²) in [5, 5.41) is 0.399. The average molecular weight is 329 g/mol. The Morgan fingerprint density at radius 1 is 1.05 bits per heavy atom. The van der Waals surface area contributed by atoms with Gasteiger partial charge in [-0.3, -0.25) is 0 Å². The summed E-state index contributed by atoms with van der Waals surface area (Å²) in [4.78, 5) is 19.8. The SMILES string of the molecule is COc1cc(OC)nc(C(=O)Oc2c(Cl)cccc2Cl)n1. The molecule has 1 aromatic carbocycles. The molecular weight excluding hydrogens is 319 g/mol. The first-order valence-corrected chi connectivity index (χ1v) is 6.44. The quantitative estimate of drug-likeness (QED) is 0.634. The molecule has 6 nitrogen and oxygen atoms in total. The number of para-hydroxylation sites is 1. The van der Waals surface area contributed by atoms with Crippen LogP contribution in [0.15, 0.2) is 24.3 Å². The number of nitrogens with zero attached hydrogens (tertiary/aromatic N) is 2. The Morgan fingerprint density at radius 3 is 2.05 bits per heavy atom. The summed E-state index contributed by atoms with van der Waals surface area (Å²) in [6.45, 7) is 0. The van der Waals surface area contributed by atoms with Gasteiger partial charge in [-0.25, -0.2) is 4.79 Å². The lowest BCUT2D eigenvalue weighted by Crippen LogP contribution is -2.14. The Balaban J connectivity index is 2.32. The predicted molar refractivity (Wildman–Crippen MR) is 76.6 cm³/mol. The van der Waals surface area contributed by atoms with Crippen molar-refractivity contribution >= 4 is 29.2 Å². The van der Waals surface area contributed by atoms with Gasteiger partial charge in [-0.2, -0.15) is 9.97 Å². The van der Waals surface area contributed by atoms with E-state index >= 15 is 0 Å². The second kappa shape index (κ2) is 6.60. The Hall–Kier alpha value is -2.05. The number of ether oxygens (including phenoxy) is 3. The van der Waals surface area contributed by atoms with Crippen molar-refractivity contribution in [2.24, 2.45) is 0 Å². The topological polar surface area (TPSA) is 70.5 Å². The Kier molecular flexibility index (Phi) is 4.82. The monoisotopic (exact) mass is 328 g/mol. The van der Waals surface area contributed by atoms with E-state index in [1.54, 1.807) is 18.2 Å². The first-order valence-electron chi connectivity index (χ1n) is 5.68. The van der Waals surface area contributed by atoms with Gasteiger partial charge in [0.25, 0.3) is 0 Å². The molecule has 110 valence electrons. The number of methoxy groups -OCH3 is 2. The summed E-state index contributed by atoms with van der Waals surface area (Å²) in [6, 6.07) is 6.15. The minimum absolute atomic E-state index is 0.0382. The zero-order valence-corrected chi connectivity index (χ0v) is 12.6. The van der Waals surface area contributed by atoms with Crippen LogP contribution in [0.3, 0.4) is 0 Å². The number of carbonyl (C=O) groups excluding carboxylic acids is 1. The molecule has 2 aromatic rings. The normalized spacial score (nSPS) is 10.1. The summed E-state index contributed by atoms with van der Waals surface area (Å²) in [6.07, 6.45) is 0. The summed E-state index contributed by atoms with van der Waals surface area (Å²) >= 11 is 11.9. The van der Waals surface area contributed by atoms with E-state index in [1.807, 2.05) is 0 Å². The third-order valence-electron chi connectivity index (χ3n) is 2.39. The minimum Gasteiger partial charge on any atom is -0.481 e. The van der Waals surface area contributed by atoms with Gasteiger partial charge in [0.1, 0.15) is 0 Å². The van der Waals surface area contributed by atoms with E-state index in [2.05, 4.69) is 9.97 Å². The van der Waals surface area contributed by atoms with Crippen LogP contribution in [0.4, 0.5) is 0 Å². The van der Waals surface area contributed by atoms with Crippen molar-refractivity contribution in [3.05, 3.63) is 40.1 Å². The van der Waals surface area contributed by atoms with Gasteiger partial charge in [0, 0.05) is 0 Å². The predicted octanol–water partition coefficient (Wildman–Crippen LogP) is 3.02. The molecule has 0 amide bonds. The molecule has 0 aliphatic heterocycles. The van der Waals surface area contributed by atoms with E-state index in [9.17, 15) is 4.79 Å². The molecule has 0 fully saturated rings. The van der Waals surface area contributed by atoms with Gasteiger partial charge in [0.2, 0.25) is 17.6 Å². The number of carbonyl (C=O) groups is 1. The van der Waals surface area contributed by atoms with Gasteiger partial charge < -0.3 is 14.2 Å². The number of rotatable bonds is 4. The summed E-state index contributed by atoms with van der Waals surface area (Å²) in [5.74, 6) is -0.696. The smallest absolute Gasteiger partial charge is 0.382 e. The summed E-state index contributed by atoms with van der Waals surface area (Å²) in [5.41, 5.74) is 0. The van der Waals surface area contributed by atoms with Crippen LogP contribution in [0.1, 0.15) is 10.6 Å². The molecule has 21 heavy (non-hydrogen) atoms. The summed E-state index contributed by atoms with van der Waals surface area (Å²) < 4.78 is 15.0. The van der Waals surface area contributed by atoms with E-state index in [4.69, 9.17) is 37.4 Å². The first kappa shape index (κ1) is 15.3. The van der Waals surface area contributed by atoms with E-state index in [0.29, 0.717) is 0 Å². The van der Waals surface area contributed by atoms with Crippen LogP contribution < -0.4 is 14.2 Å². The molecule has 0 saturated carbocycles. The van der Waals surface area contributed by atoms with Crippen molar-refractivity contribution in [1.29, 1.82) is 0 Å². The molecule has 1 aromatic heterocycles. The maximum absolute atomic E-state index is 12.1. The number of hydrogen-bond donors (Lipinski definition) is 0. The van der Waals surface area contributed by atoms with Crippen LogP contribution >= 0.6 is 23.2 Å². The standard InChI is InChI=1S/C13H10Cl2N2O4/c1-19-9-6-10(20-2)17-12(16-9)13(18)21-11-7(14)4-3-5-8(11)15/h3-6H,1-2H3. The molecule has 0 saturated heterocycles. The van der Waals surface area contributed by atoms with Crippen molar-refractivity contribution in [2.75, 3.05) is 14.2 Å². The molecule has 8 heteroatoms. The van der Waals surface area contributed by atoms with Gasteiger partial charge in [-0.05, 0) is 12.1 Å². The molecule has 0 unspecified atom stereocenters. The molecular formula is C13H10Cl2N2O4. The molecule has 0 atom stereocenters. The maximum Gasteiger partial charge on any atom is 0.382 e. The number of aromatic nitrogens is 2. The van der Waals surface area contributed by atoms with E-state index in [1.165, 1.54) is 20.3 Å². The van der Waals surface area contributed by atoms with Gasteiger partial charge in [-0.1, -0.05) is 29.3 Å². The third-order valence-corrected chi connectivity index (χ3v) is 2.99.